The molecule has 0 aromatic heterocycles. The highest BCUT2D eigenvalue weighted by atomic mass is 32.2. The molecule has 0 heterocycles. The number of fused-ring (bicyclic) bond motifs is 2. The Hall–Kier alpha value is -4.69. The van der Waals surface area contributed by atoms with Gasteiger partial charge in [-0.3, -0.25) is 19.2 Å². The van der Waals surface area contributed by atoms with Crippen LogP contribution in [0.4, 0.5) is 0 Å². The minimum Gasteiger partial charge on any atom is -0.748 e. The van der Waals surface area contributed by atoms with Crippen LogP contribution in [-0.4, -0.2) is 41.9 Å². The Morgan fingerprint density at radius 1 is 0.557 bits per heavy atom. The molecule has 0 saturated heterocycles. The van der Waals surface area contributed by atoms with Crippen molar-refractivity contribution in [3.63, 3.8) is 0 Å². The summed E-state index contributed by atoms with van der Waals surface area (Å²) in [6.45, 7) is 15.0. The third-order valence-corrected chi connectivity index (χ3v) is 20.0. The SMILES string of the molecule is CC1(C)C2CCC1(CS(=O)(=O)[O-])C(=O)C2.CCc1cc(Sc2ccc([S+](c3ccc(Sc4ccc(C(C)=O)c(CC)c4)cc3)c3ccc(Sc4ccc(C(C)=O)c(CC)c4)cc3)cc2)ccc1C(C)=O. The summed E-state index contributed by atoms with van der Waals surface area (Å²) in [7, 11) is -4.69. The van der Waals surface area contributed by atoms with Crippen molar-refractivity contribution in [3.8, 4) is 0 Å². The predicted molar refractivity (Wildman–Crippen MR) is 284 cm³/mol. The van der Waals surface area contributed by atoms with Crippen molar-refractivity contribution >= 4 is 79.4 Å². The molecule has 8 rings (SSSR count). The van der Waals surface area contributed by atoms with Crippen LogP contribution in [0.15, 0.2) is 171 Å². The quantitative estimate of drug-likeness (QED) is 0.0495. The van der Waals surface area contributed by atoms with Gasteiger partial charge >= 0.3 is 0 Å². The van der Waals surface area contributed by atoms with Gasteiger partial charge in [-0.15, -0.1) is 0 Å². The van der Waals surface area contributed by atoms with Crippen LogP contribution in [0.25, 0.3) is 0 Å². The fourth-order valence-electron chi connectivity index (χ4n) is 9.97. The minimum atomic E-state index is -4.33. The Morgan fingerprint density at radius 3 is 1.11 bits per heavy atom. The van der Waals surface area contributed by atoms with Gasteiger partial charge in [0.25, 0.3) is 0 Å². The summed E-state index contributed by atoms with van der Waals surface area (Å²) in [5.74, 6) is 0.0280. The van der Waals surface area contributed by atoms with Crippen molar-refractivity contribution in [2.24, 2.45) is 16.7 Å². The van der Waals surface area contributed by atoms with Crippen LogP contribution in [-0.2, 0) is 45.1 Å². The Morgan fingerprint density at radius 2 is 0.871 bits per heavy atom. The fourth-order valence-corrected chi connectivity index (χ4v) is 15.9. The largest absolute Gasteiger partial charge is 0.748 e. The fraction of sp³-hybridized carbons (Fsp3) is 0.310. The van der Waals surface area contributed by atoms with Gasteiger partial charge in [0.2, 0.25) is 0 Å². The summed E-state index contributed by atoms with van der Waals surface area (Å²) in [6, 6.07) is 45.1. The zero-order valence-corrected chi connectivity index (χ0v) is 45.1. The molecule has 2 unspecified atom stereocenters. The van der Waals surface area contributed by atoms with Gasteiger partial charge in [-0.2, -0.15) is 0 Å². The van der Waals surface area contributed by atoms with Crippen LogP contribution >= 0.6 is 35.3 Å². The smallest absolute Gasteiger partial charge is 0.166 e. The Kier molecular flexibility index (Phi) is 17.0. The molecule has 6 aromatic carbocycles. The molecule has 2 atom stereocenters. The zero-order valence-electron chi connectivity index (χ0n) is 41.1. The van der Waals surface area contributed by atoms with E-state index in [1.807, 2.05) is 50.2 Å². The Bertz CT molecular complexity index is 2770. The van der Waals surface area contributed by atoms with E-state index in [9.17, 15) is 32.1 Å². The monoisotopic (exact) mass is 1030 g/mol. The summed E-state index contributed by atoms with van der Waals surface area (Å²) >= 11 is 5.14. The maximum absolute atomic E-state index is 12.1. The molecule has 2 fully saturated rings. The van der Waals surface area contributed by atoms with Crippen LogP contribution in [0.1, 0.15) is 122 Å². The van der Waals surface area contributed by atoms with Gasteiger partial charge in [0.05, 0.1) is 26.8 Å². The van der Waals surface area contributed by atoms with E-state index < -0.39 is 21.3 Å². The van der Waals surface area contributed by atoms with Crippen molar-refractivity contribution in [2.45, 2.75) is 138 Å². The summed E-state index contributed by atoms with van der Waals surface area (Å²) in [5.41, 5.74) is 4.42. The highest BCUT2D eigenvalue weighted by Gasteiger charge is 2.64. The van der Waals surface area contributed by atoms with Crippen molar-refractivity contribution in [1.82, 2.24) is 0 Å². The van der Waals surface area contributed by atoms with Gasteiger partial charge in [-0.05, 0) is 190 Å². The number of ketones is 4. The molecule has 6 aromatic rings. The predicted octanol–water partition coefficient (Wildman–Crippen LogP) is 14.5. The van der Waals surface area contributed by atoms with Crippen LogP contribution < -0.4 is 0 Å². The van der Waals surface area contributed by atoms with E-state index in [1.165, 1.54) is 14.7 Å². The topological polar surface area (TPSA) is 125 Å². The molecule has 70 heavy (non-hydrogen) atoms. The summed E-state index contributed by atoms with van der Waals surface area (Å²) in [5, 5.41) is 0. The van der Waals surface area contributed by atoms with Crippen LogP contribution in [0.5, 0.6) is 0 Å². The molecule has 0 radical (unpaired) electrons. The van der Waals surface area contributed by atoms with Gasteiger partial charge in [-0.25, -0.2) is 8.42 Å². The number of hydrogen-bond donors (Lipinski definition) is 0. The first-order chi connectivity index (χ1) is 33.2. The lowest BCUT2D eigenvalue weighted by Crippen LogP contribution is -2.42. The minimum absolute atomic E-state index is 0.0248. The number of rotatable bonds is 17. The Balaban J connectivity index is 0.000000408. The van der Waals surface area contributed by atoms with Crippen LogP contribution in [0.3, 0.4) is 0 Å². The lowest BCUT2D eigenvalue weighted by Gasteiger charge is -2.37. The normalized spacial score (nSPS) is 17.1. The maximum Gasteiger partial charge on any atom is 0.166 e. The first-order valence-electron chi connectivity index (χ1n) is 23.7. The van der Waals surface area contributed by atoms with E-state index in [0.29, 0.717) is 12.8 Å². The average Bonchev–Trinajstić information content (AvgIpc) is 3.67. The zero-order chi connectivity index (χ0) is 50.5. The summed E-state index contributed by atoms with van der Waals surface area (Å²) < 4.78 is 32.7. The first-order valence-corrected chi connectivity index (χ1v) is 29.0. The highest BCUT2D eigenvalue weighted by Crippen LogP contribution is 2.64. The lowest BCUT2D eigenvalue weighted by molar-refractivity contribution is -0.128. The van der Waals surface area contributed by atoms with Gasteiger partial charge in [0.1, 0.15) is 5.78 Å². The number of carbonyl (C=O) groups excluding carboxylic acids is 4. The number of benzene rings is 6. The molecule has 12 heteroatoms. The van der Waals surface area contributed by atoms with Gasteiger partial charge in [-0.1, -0.05) is 88.1 Å². The third kappa shape index (κ3) is 12.0. The molecule has 2 bridgehead atoms. The molecule has 0 aliphatic heterocycles. The molecule has 2 aliphatic rings. The molecule has 7 nitrogen and oxygen atoms in total. The van der Waals surface area contributed by atoms with E-state index in [-0.39, 0.29) is 45.4 Å². The van der Waals surface area contributed by atoms with Gasteiger partial charge in [0.15, 0.2) is 32.0 Å². The molecule has 2 saturated carbocycles. The van der Waals surface area contributed by atoms with E-state index in [1.54, 1.807) is 56.1 Å². The van der Waals surface area contributed by atoms with E-state index in [0.717, 1.165) is 88.4 Å². The standard InChI is InChI=1S/C48H45O3S4.C10H16O4S/c1-7-34-28-40(16-25-46(34)31(4)49)52-37-10-19-43(20-11-37)55(44-21-12-38(13-22-44)53-41-17-26-47(32(5)50)35(8-2)29-41)45-23-14-39(15-24-45)54-42-18-27-48(33(6)51)36(9-3)30-42;1-9(2)7-3-4-10(9,8(11)5-7)6-15(12,13)14/h10-30H,7-9H2,1-6H3;7H,3-6H2,1-2H3,(H,12,13,14)/q+1;/p-1. The second-order valence-corrected chi connectivity index (χ2v) is 25.5. The van der Waals surface area contributed by atoms with Crippen molar-refractivity contribution in [1.29, 1.82) is 0 Å². The maximum atomic E-state index is 12.1. The van der Waals surface area contributed by atoms with Crippen LogP contribution in [0.2, 0.25) is 0 Å². The van der Waals surface area contributed by atoms with Crippen molar-refractivity contribution in [3.05, 3.63) is 161 Å². The van der Waals surface area contributed by atoms with Crippen molar-refractivity contribution in [2.75, 3.05) is 5.75 Å². The number of aryl methyl sites for hydroxylation is 3. The number of hydrogen-bond acceptors (Lipinski definition) is 10. The van der Waals surface area contributed by atoms with E-state index in [4.69, 9.17) is 0 Å². The molecular formula is C58H60O7S5. The molecule has 0 N–H and O–H groups in total. The Labute approximate surface area is 429 Å². The highest BCUT2D eigenvalue weighted by molar-refractivity contribution is 8.00. The van der Waals surface area contributed by atoms with Gasteiger partial charge < -0.3 is 4.55 Å². The molecular weight excluding hydrogens is 969 g/mol. The second-order valence-electron chi connectivity index (χ2n) is 18.6. The van der Waals surface area contributed by atoms with E-state index >= 15 is 0 Å². The summed E-state index contributed by atoms with van der Waals surface area (Å²) in [6.07, 6.45) is 4.33. The number of Topliss-reactive ketones (excluding diaryl/α,β-unsaturated/α-hetero) is 4. The van der Waals surface area contributed by atoms with Crippen LogP contribution in [0, 0.1) is 16.7 Å². The molecule has 364 valence electrons. The third-order valence-electron chi connectivity index (χ3n) is 14.0. The molecule has 0 amide bonds. The average molecular weight is 1030 g/mol. The summed E-state index contributed by atoms with van der Waals surface area (Å²) in [4.78, 5) is 58.7. The lowest BCUT2D eigenvalue weighted by atomic mass is 9.70. The number of carbonyl (C=O) groups is 4. The molecule has 0 spiro atoms. The second kappa shape index (κ2) is 22.4. The van der Waals surface area contributed by atoms with Gasteiger partial charge in [0, 0.05) is 57.9 Å². The molecule has 2 aliphatic carbocycles. The first kappa shape index (κ1) is 53.1. The van der Waals surface area contributed by atoms with Crippen molar-refractivity contribution < 1.29 is 32.1 Å². The van der Waals surface area contributed by atoms with E-state index in [2.05, 4.69) is 112 Å².